The van der Waals surface area contributed by atoms with E-state index in [1.807, 2.05) is 64.1 Å². The molecule has 0 spiro atoms. The van der Waals surface area contributed by atoms with Crippen LogP contribution in [0.15, 0.2) is 57.9 Å². The lowest BCUT2D eigenvalue weighted by atomic mass is 9.97. The van der Waals surface area contributed by atoms with Crippen LogP contribution in [0.5, 0.6) is 11.5 Å². The fourth-order valence-electron chi connectivity index (χ4n) is 4.87. The molecule has 3 heterocycles. The summed E-state index contributed by atoms with van der Waals surface area (Å²) >= 11 is 0. The summed E-state index contributed by atoms with van der Waals surface area (Å²) < 4.78 is 18.2. The number of carbonyl (C=O) groups is 1. The second-order valence-electron chi connectivity index (χ2n) is 10.5. The number of hydrogen-bond donors (Lipinski definition) is 0. The van der Waals surface area contributed by atoms with Gasteiger partial charge in [0, 0.05) is 6.20 Å². The molecule has 1 unspecified atom stereocenters. The van der Waals surface area contributed by atoms with Gasteiger partial charge in [0.2, 0.25) is 5.76 Å². The highest BCUT2D eigenvalue weighted by Crippen LogP contribution is 2.43. The molecule has 2 aromatic carbocycles. The predicted molar refractivity (Wildman–Crippen MR) is 152 cm³/mol. The van der Waals surface area contributed by atoms with E-state index in [0.717, 1.165) is 23.1 Å². The Morgan fingerprint density at radius 2 is 1.74 bits per heavy atom. The first-order valence-electron chi connectivity index (χ1n) is 13.4. The van der Waals surface area contributed by atoms with Gasteiger partial charge in [-0.1, -0.05) is 26.0 Å². The molecular weight excluding hydrogens is 492 g/mol. The number of rotatable bonds is 8. The molecule has 0 saturated heterocycles. The average molecular weight is 527 g/mol. The molecule has 0 aliphatic carbocycles. The molecule has 4 aromatic rings. The van der Waals surface area contributed by atoms with Crippen molar-refractivity contribution in [2.75, 3.05) is 18.1 Å². The number of amides is 1. The summed E-state index contributed by atoms with van der Waals surface area (Å²) in [5, 5.41) is 0.451. The molecule has 0 fully saturated rings. The highest BCUT2D eigenvalue weighted by molar-refractivity contribution is 6.10. The van der Waals surface area contributed by atoms with Crippen LogP contribution >= 0.6 is 0 Å². The molecule has 0 radical (unpaired) electrons. The van der Waals surface area contributed by atoms with Crippen molar-refractivity contribution in [1.82, 2.24) is 4.98 Å². The summed E-state index contributed by atoms with van der Waals surface area (Å²) in [5.74, 6) is 1.78. The molecule has 7 heteroatoms. The van der Waals surface area contributed by atoms with Gasteiger partial charge in [-0.05, 0) is 92.6 Å². The average Bonchev–Trinajstić information content (AvgIpc) is 3.19. The number of carbonyl (C=O) groups excluding carboxylic acids is 1. The fourth-order valence-corrected chi connectivity index (χ4v) is 4.87. The number of aromatic nitrogens is 1. The smallest absolute Gasteiger partial charge is 0.296 e. The minimum Gasteiger partial charge on any atom is -0.490 e. The highest BCUT2D eigenvalue weighted by atomic mass is 16.5. The lowest BCUT2D eigenvalue weighted by Gasteiger charge is -2.25. The maximum Gasteiger partial charge on any atom is 0.296 e. The maximum atomic E-state index is 14.0. The fraction of sp³-hybridized carbons (Fsp3) is 0.344. The van der Waals surface area contributed by atoms with Gasteiger partial charge in [-0.15, -0.1) is 0 Å². The Morgan fingerprint density at radius 1 is 0.974 bits per heavy atom. The quantitative estimate of drug-likeness (QED) is 0.255. The minimum absolute atomic E-state index is 0.0401. The molecular formula is C32H34N2O5. The summed E-state index contributed by atoms with van der Waals surface area (Å²) in [6, 6.07) is 12.2. The molecule has 1 atom stereocenters. The number of hydrogen-bond acceptors (Lipinski definition) is 6. The largest absolute Gasteiger partial charge is 0.490 e. The summed E-state index contributed by atoms with van der Waals surface area (Å²) in [6.45, 7) is 13.1. The molecule has 7 nitrogen and oxygen atoms in total. The van der Waals surface area contributed by atoms with E-state index >= 15 is 0 Å². The van der Waals surface area contributed by atoms with Crippen molar-refractivity contribution < 1.29 is 18.7 Å². The number of nitrogens with zero attached hydrogens (tertiary/aromatic N) is 2. The molecule has 0 N–H and O–H groups in total. The third-order valence-electron chi connectivity index (χ3n) is 7.17. The third-order valence-corrected chi connectivity index (χ3v) is 7.17. The Balaban J connectivity index is 1.70. The zero-order chi connectivity index (χ0) is 27.8. The molecule has 0 saturated carbocycles. The van der Waals surface area contributed by atoms with E-state index in [9.17, 15) is 9.59 Å². The van der Waals surface area contributed by atoms with Gasteiger partial charge in [0.1, 0.15) is 11.4 Å². The van der Waals surface area contributed by atoms with Gasteiger partial charge < -0.3 is 13.9 Å². The molecule has 5 rings (SSSR count). The number of ether oxygens (including phenoxy) is 2. The van der Waals surface area contributed by atoms with E-state index in [1.54, 1.807) is 12.3 Å². The lowest BCUT2D eigenvalue weighted by molar-refractivity contribution is 0.0970. The number of fused-ring (bicyclic) bond motifs is 2. The molecule has 202 valence electrons. The van der Waals surface area contributed by atoms with Crippen LogP contribution in [0, 0.1) is 26.7 Å². The normalized spacial score (nSPS) is 14.8. The van der Waals surface area contributed by atoms with Crippen molar-refractivity contribution in [2.45, 2.75) is 54.0 Å². The van der Waals surface area contributed by atoms with Gasteiger partial charge in [0.15, 0.2) is 16.9 Å². The Kier molecular flexibility index (Phi) is 7.17. The van der Waals surface area contributed by atoms with Crippen LogP contribution in [-0.2, 0) is 0 Å². The number of aryl methyl sites for hydroxylation is 3. The van der Waals surface area contributed by atoms with Crippen molar-refractivity contribution in [3.05, 3.63) is 92.5 Å². The first kappa shape index (κ1) is 26.5. The molecule has 1 amide bonds. The van der Waals surface area contributed by atoms with Gasteiger partial charge in [-0.25, -0.2) is 4.98 Å². The van der Waals surface area contributed by atoms with Gasteiger partial charge in [0.05, 0.1) is 30.2 Å². The van der Waals surface area contributed by atoms with Crippen molar-refractivity contribution in [1.29, 1.82) is 0 Å². The van der Waals surface area contributed by atoms with E-state index in [-0.39, 0.29) is 11.2 Å². The lowest BCUT2D eigenvalue weighted by Crippen LogP contribution is -2.30. The summed E-state index contributed by atoms with van der Waals surface area (Å²) in [6.07, 6.45) is 2.62. The predicted octanol–water partition coefficient (Wildman–Crippen LogP) is 6.69. The molecule has 1 aliphatic heterocycles. The van der Waals surface area contributed by atoms with Gasteiger partial charge in [-0.2, -0.15) is 0 Å². The Bertz CT molecular complexity index is 1600. The van der Waals surface area contributed by atoms with Gasteiger partial charge in [-0.3, -0.25) is 14.5 Å². The van der Waals surface area contributed by atoms with E-state index in [0.29, 0.717) is 58.5 Å². The van der Waals surface area contributed by atoms with Crippen LogP contribution in [0.3, 0.4) is 0 Å². The van der Waals surface area contributed by atoms with Crippen LogP contribution < -0.4 is 19.8 Å². The van der Waals surface area contributed by atoms with Crippen LogP contribution in [0.2, 0.25) is 0 Å². The second-order valence-corrected chi connectivity index (χ2v) is 10.5. The van der Waals surface area contributed by atoms with Crippen LogP contribution in [0.25, 0.3) is 11.0 Å². The minimum atomic E-state index is -0.742. The van der Waals surface area contributed by atoms with E-state index in [1.165, 1.54) is 4.90 Å². The van der Waals surface area contributed by atoms with Crippen molar-refractivity contribution in [2.24, 2.45) is 5.92 Å². The Hall–Kier alpha value is -4.13. The summed E-state index contributed by atoms with van der Waals surface area (Å²) in [4.78, 5) is 34.0. The molecule has 0 bridgehead atoms. The van der Waals surface area contributed by atoms with Crippen molar-refractivity contribution in [3.63, 3.8) is 0 Å². The number of anilines is 1. The zero-order valence-corrected chi connectivity index (χ0v) is 23.3. The van der Waals surface area contributed by atoms with E-state index in [4.69, 9.17) is 13.9 Å². The topological polar surface area (TPSA) is 81.9 Å². The maximum absolute atomic E-state index is 14.0. The van der Waals surface area contributed by atoms with E-state index < -0.39 is 11.9 Å². The number of benzene rings is 2. The van der Waals surface area contributed by atoms with Crippen molar-refractivity contribution in [3.8, 4) is 11.5 Å². The first-order valence-corrected chi connectivity index (χ1v) is 13.4. The third kappa shape index (κ3) is 4.89. The monoisotopic (exact) mass is 526 g/mol. The Labute approximate surface area is 228 Å². The summed E-state index contributed by atoms with van der Waals surface area (Å²) in [5.41, 5.74) is 4.11. The number of pyridine rings is 1. The summed E-state index contributed by atoms with van der Waals surface area (Å²) in [7, 11) is 0. The molecule has 2 aromatic heterocycles. The zero-order valence-electron chi connectivity index (χ0n) is 23.3. The van der Waals surface area contributed by atoms with Crippen molar-refractivity contribution >= 4 is 22.7 Å². The SMILES string of the molecule is CCOc1cc(C2c3c(oc4cc(C)c(C)cc4c3=O)C(=O)N2c2ccc(C)cn2)ccc1OCCC(C)C. The van der Waals surface area contributed by atoms with Gasteiger partial charge >= 0.3 is 0 Å². The van der Waals surface area contributed by atoms with Gasteiger partial charge in [0.25, 0.3) is 5.91 Å². The first-order chi connectivity index (χ1) is 18.7. The van der Waals surface area contributed by atoms with Crippen LogP contribution in [-0.4, -0.2) is 24.1 Å². The van der Waals surface area contributed by atoms with Crippen LogP contribution in [0.4, 0.5) is 5.82 Å². The highest BCUT2D eigenvalue weighted by Gasteiger charge is 2.44. The standard InChI is InChI=1S/C32H34N2O5/c1-7-37-26-16-22(9-10-24(26)38-13-12-18(2)3)29-28-30(35)23-14-20(5)21(6)15-25(23)39-31(28)32(36)34(29)27-11-8-19(4)17-33-27/h8-11,14-18,29H,7,12-13H2,1-6H3. The second kappa shape index (κ2) is 10.6. The Morgan fingerprint density at radius 3 is 2.44 bits per heavy atom. The molecule has 39 heavy (non-hydrogen) atoms. The van der Waals surface area contributed by atoms with E-state index in [2.05, 4.69) is 18.8 Å². The molecule has 1 aliphatic rings. The van der Waals surface area contributed by atoms with Crippen LogP contribution in [0.1, 0.15) is 71.6 Å².